The molecule has 0 unspecified atom stereocenters. The Morgan fingerprint density at radius 2 is 2.09 bits per heavy atom. The quantitative estimate of drug-likeness (QED) is 0.881. The van der Waals surface area contributed by atoms with Crippen LogP contribution in [0.25, 0.3) is 0 Å². The molecule has 2 heterocycles. The fourth-order valence-corrected chi connectivity index (χ4v) is 2.09. The van der Waals surface area contributed by atoms with Crippen molar-refractivity contribution in [1.29, 1.82) is 0 Å². The van der Waals surface area contributed by atoms with Crippen molar-refractivity contribution in [2.45, 2.75) is 26.8 Å². The largest absolute Gasteiger partial charge is 0.481 e. The Balaban J connectivity index is 2.02. The summed E-state index contributed by atoms with van der Waals surface area (Å²) in [4.78, 5) is 16.4. The molecule has 2 aromatic rings. The summed E-state index contributed by atoms with van der Waals surface area (Å²) in [5, 5.41) is 10.3. The Morgan fingerprint density at radius 1 is 1.36 bits per heavy atom. The average molecular weight is 303 g/mol. The fraction of sp³-hybridized carbons (Fsp3) is 0.400. The highest BCUT2D eigenvalue weighted by molar-refractivity contribution is 5.97. The van der Waals surface area contributed by atoms with Crippen molar-refractivity contribution in [3.8, 4) is 5.88 Å². The van der Waals surface area contributed by atoms with Gasteiger partial charge in [0, 0.05) is 13.1 Å². The number of carbonyl (C=O) groups is 1. The minimum absolute atomic E-state index is 0.130. The van der Waals surface area contributed by atoms with Crippen molar-refractivity contribution in [3.63, 3.8) is 0 Å². The van der Waals surface area contributed by atoms with Crippen LogP contribution in [0.15, 0.2) is 18.3 Å². The zero-order valence-electron chi connectivity index (χ0n) is 13.5. The summed E-state index contributed by atoms with van der Waals surface area (Å²) < 4.78 is 6.75. The van der Waals surface area contributed by atoms with Crippen LogP contribution in [-0.4, -0.2) is 33.8 Å². The van der Waals surface area contributed by atoms with Crippen molar-refractivity contribution in [1.82, 2.24) is 14.8 Å². The number of carbonyl (C=O) groups excluding carboxylic acids is 1. The molecule has 0 saturated carbocycles. The second-order valence-corrected chi connectivity index (χ2v) is 5.11. The number of methoxy groups -OCH3 is 1. The molecular formula is C15H21N5O2. The van der Waals surface area contributed by atoms with Gasteiger partial charge in [-0.1, -0.05) is 0 Å². The zero-order valence-corrected chi connectivity index (χ0v) is 13.5. The van der Waals surface area contributed by atoms with Crippen molar-refractivity contribution in [3.05, 3.63) is 29.7 Å². The van der Waals surface area contributed by atoms with Crippen LogP contribution < -0.4 is 15.4 Å². The van der Waals surface area contributed by atoms with Crippen LogP contribution >= 0.6 is 0 Å². The number of hydrogen-bond donors (Lipinski definition) is 2. The lowest BCUT2D eigenvalue weighted by Crippen LogP contribution is -2.32. The van der Waals surface area contributed by atoms with E-state index in [1.54, 1.807) is 31.0 Å². The first-order valence-corrected chi connectivity index (χ1v) is 7.00. The molecule has 2 aromatic heterocycles. The molecule has 1 amide bonds. The Kier molecular flexibility index (Phi) is 4.65. The summed E-state index contributed by atoms with van der Waals surface area (Å²) in [6.07, 6.45) is 1.63. The Hall–Kier alpha value is -2.57. The van der Waals surface area contributed by atoms with Crippen molar-refractivity contribution in [2.75, 3.05) is 17.7 Å². The van der Waals surface area contributed by atoms with Gasteiger partial charge in [0.05, 0.1) is 36.1 Å². The standard InChI is InChI=1S/C15H21N5O2/c1-9-14(11(3)20(4)19-9)18-15(21)10(2)17-12-6-7-13(22-5)16-8-12/h6-8,10,17H,1-5H3,(H,18,21)/t10-/m1/s1. The summed E-state index contributed by atoms with van der Waals surface area (Å²) in [7, 11) is 3.41. The van der Waals surface area contributed by atoms with E-state index in [9.17, 15) is 4.79 Å². The number of aromatic nitrogens is 3. The number of aryl methyl sites for hydroxylation is 2. The summed E-state index contributed by atoms with van der Waals surface area (Å²) in [5.41, 5.74) is 3.23. The topological polar surface area (TPSA) is 81.1 Å². The van der Waals surface area contributed by atoms with Gasteiger partial charge in [0.25, 0.3) is 0 Å². The third-order valence-electron chi connectivity index (χ3n) is 3.48. The molecule has 2 rings (SSSR count). The van der Waals surface area contributed by atoms with Crippen LogP contribution in [0.4, 0.5) is 11.4 Å². The van der Waals surface area contributed by atoms with E-state index >= 15 is 0 Å². The van der Waals surface area contributed by atoms with Crippen molar-refractivity contribution in [2.24, 2.45) is 7.05 Å². The lowest BCUT2D eigenvalue weighted by molar-refractivity contribution is -0.116. The van der Waals surface area contributed by atoms with E-state index in [2.05, 4.69) is 20.7 Å². The molecule has 0 radical (unpaired) electrons. The van der Waals surface area contributed by atoms with E-state index in [1.165, 1.54) is 0 Å². The second-order valence-electron chi connectivity index (χ2n) is 5.11. The molecule has 0 fully saturated rings. The first-order chi connectivity index (χ1) is 10.4. The molecule has 0 aliphatic carbocycles. The van der Waals surface area contributed by atoms with Crippen LogP contribution in [0, 0.1) is 13.8 Å². The highest BCUT2D eigenvalue weighted by atomic mass is 16.5. The third kappa shape index (κ3) is 3.36. The van der Waals surface area contributed by atoms with Gasteiger partial charge in [-0.3, -0.25) is 9.48 Å². The maximum Gasteiger partial charge on any atom is 0.246 e. The summed E-state index contributed by atoms with van der Waals surface area (Å²) in [6, 6.07) is 3.15. The molecule has 7 nitrogen and oxygen atoms in total. The van der Waals surface area contributed by atoms with Gasteiger partial charge in [-0.25, -0.2) is 4.98 Å². The number of nitrogens with one attached hydrogen (secondary N) is 2. The predicted molar refractivity (Wildman–Crippen MR) is 85.2 cm³/mol. The molecule has 118 valence electrons. The monoisotopic (exact) mass is 303 g/mol. The van der Waals surface area contributed by atoms with E-state index in [0.29, 0.717) is 5.88 Å². The number of anilines is 2. The van der Waals surface area contributed by atoms with Crippen molar-refractivity contribution >= 4 is 17.3 Å². The van der Waals surface area contributed by atoms with Crippen LogP contribution in [0.3, 0.4) is 0 Å². The van der Waals surface area contributed by atoms with Crippen LogP contribution in [0.1, 0.15) is 18.3 Å². The van der Waals surface area contributed by atoms with Gasteiger partial charge < -0.3 is 15.4 Å². The first-order valence-electron chi connectivity index (χ1n) is 7.00. The average Bonchev–Trinajstić information content (AvgIpc) is 2.74. The molecule has 2 N–H and O–H groups in total. The highest BCUT2D eigenvalue weighted by Gasteiger charge is 2.17. The van der Waals surface area contributed by atoms with Gasteiger partial charge in [0.15, 0.2) is 0 Å². The molecule has 0 spiro atoms. The third-order valence-corrected chi connectivity index (χ3v) is 3.48. The number of amides is 1. The maximum absolute atomic E-state index is 12.3. The van der Waals surface area contributed by atoms with Crippen LogP contribution in [0.2, 0.25) is 0 Å². The van der Waals surface area contributed by atoms with E-state index in [0.717, 1.165) is 22.8 Å². The summed E-state index contributed by atoms with van der Waals surface area (Å²) in [6.45, 7) is 5.58. The molecule has 0 aromatic carbocycles. The predicted octanol–water partition coefficient (Wildman–Crippen LogP) is 1.88. The van der Waals surface area contributed by atoms with Crippen LogP contribution in [0.5, 0.6) is 5.88 Å². The lowest BCUT2D eigenvalue weighted by Gasteiger charge is -2.15. The maximum atomic E-state index is 12.3. The lowest BCUT2D eigenvalue weighted by atomic mass is 10.2. The molecule has 7 heteroatoms. The summed E-state index contributed by atoms with van der Waals surface area (Å²) >= 11 is 0. The van der Waals surface area contributed by atoms with E-state index in [1.807, 2.05) is 27.0 Å². The van der Waals surface area contributed by atoms with Gasteiger partial charge in [0.2, 0.25) is 11.8 Å². The molecule has 22 heavy (non-hydrogen) atoms. The molecular weight excluding hydrogens is 282 g/mol. The van der Waals surface area contributed by atoms with Gasteiger partial charge in [-0.2, -0.15) is 5.10 Å². The number of ether oxygens (including phenoxy) is 1. The number of hydrogen-bond acceptors (Lipinski definition) is 5. The molecule has 0 bridgehead atoms. The number of nitrogens with zero attached hydrogens (tertiary/aromatic N) is 3. The van der Waals surface area contributed by atoms with Gasteiger partial charge in [0.1, 0.15) is 6.04 Å². The number of pyridine rings is 1. The normalized spacial score (nSPS) is 11.9. The van der Waals surface area contributed by atoms with E-state index < -0.39 is 6.04 Å². The highest BCUT2D eigenvalue weighted by Crippen LogP contribution is 2.19. The minimum atomic E-state index is -0.408. The van der Waals surface area contributed by atoms with Gasteiger partial charge in [-0.15, -0.1) is 0 Å². The first kappa shape index (κ1) is 15.8. The zero-order chi connectivity index (χ0) is 16.3. The molecule has 0 saturated heterocycles. The SMILES string of the molecule is COc1ccc(N[C@H](C)C(=O)Nc2c(C)nn(C)c2C)cn1. The fourth-order valence-electron chi connectivity index (χ4n) is 2.09. The number of rotatable bonds is 5. The second kappa shape index (κ2) is 6.46. The molecule has 1 atom stereocenters. The van der Waals surface area contributed by atoms with E-state index in [-0.39, 0.29) is 5.91 Å². The van der Waals surface area contributed by atoms with Gasteiger partial charge >= 0.3 is 0 Å². The Labute approximate surface area is 129 Å². The molecule has 0 aliphatic rings. The van der Waals surface area contributed by atoms with Crippen molar-refractivity contribution < 1.29 is 9.53 Å². The Morgan fingerprint density at radius 3 is 2.59 bits per heavy atom. The van der Waals surface area contributed by atoms with Gasteiger partial charge in [-0.05, 0) is 26.8 Å². The minimum Gasteiger partial charge on any atom is -0.481 e. The summed E-state index contributed by atoms with van der Waals surface area (Å²) in [5.74, 6) is 0.402. The Bertz CT molecular complexity index is 663. The smallest absolute Gasteiger partial charge is 0.246 e. The van der Waals surface area contributed by atoms with E-state index in [4.69, 9.17) is 4.74 Å². The molecule has 0 aliphatic heterocycles. The van der Waals surface area contributed by atoms with Crippen LogP contribution in [-0.2, 0) is 11.8 Å².